The minimum atomic E-state index is -1.33. The van der Waals surface area contributed by atoms with Gasteiger partial charge in [-0.25, -0.2) is 4.79 Å². The van der Waals surface area contributed by atoms with Crippen molar-refractivity contribution in [3.05, 3.63) is 92.9 Å². The average Bonchev–Trinajstić information content (AvgIpc) is 3.21. The molecule has 9 heteroatoms. The van der Waals surface area contributed by atoms with E-state index in [1.54, 1.807) is 6.08 Å². The molecule has 1 saturated heterocycles. The van der Waals surface area contributed by atoms with Crippen LogP contribution in [0.2, 0.25) is 0 Å². The van der Waals surface area contributed by atoms with Crippen LogP contribution in [0.4, 0.5) is 9.59 Å². The van der Waals surface area contributed by atoms with Crippen LogP contribution >= 0.6 is 11.8 Å². The van der Waals surface area contributed by atoms with Crippen molar-refractivity contribution in [1.29, 1.82) is 0 Å². The van der Waals surface area contributed by atoms with Gasteiger partial charge >= 0.3 is 6.16 Å². The maximum Gasteiger partial charge on any atom is 0.511 e. The summed E-state index contributed by atoms with van der Waals surface area (Å²) in [7, 11) is 0. The second kappa shape index (κ2) is 11.3. The lowest BCUT2D eigenvalue weighted by Crippen LogP contribution is -2.42. The first kappa shape index (κ1) is 28.3. The monoisotopic (exact) mass is 573 g/mol. The molecule has 0 radical (unpaired) electrons. The molecule has 0 saturated carbocycles. The number of carbonyl (C=O) groups is 3. The van der Waals surface area contributed by atoms with Gasteiger partial charge in [-0.05, 0) is 98.3 Å². The van der Waals surface area contributed by atoms with E-state index in [0.717, 1.165) is 50.9 Å². The Morgan fingerprint density at radius 1 is 1.05 bits per heavy atom. The second-order valence-corrected chi connectivity index (χ2v) is 11.5. The van der Waals surface area contributed by atoms with Gasteiger partial charge in [0, 0.05) is 5.56 Å². The molecular formula is C32H31NO7S. The van der Waals surface area contributed by atoms with E-state index in [4.69, 9.17) is 19.3 Å². The van der Waals surface area contributed by atoms with Crippen molar-refractivity contribution in [2.75, 3.05) is 6.61 Å². The lowest BCUT2D eigenvalue weighted by Gasteiger charge is -2.37. The van der Waals surface area contributed by atoms with E-state index in [2.05, 4.69) is 0 Å². The fourth-order valence-corrected chi connectivity index (χ4v) is 5.91. The molecule has 1 N–H and O–H groups in total. The number of nitrogens with zero attached hydrogens (tertiary/aromatic N) is 1. The van der Waals surface area contributed by atoms with Crippen LogP contribution in [0.3, 0.4) is 0 Å². The third-order valence-corrected chi connectivity index (χ3v) is 8.44. The normalized spacial score (nSPS) is 19.2. The highest BCUT2D eigenvalue weighted by atomic mass is 32.2. The zero-order chi connectivity index (χ0) is 29.3. The predicted molar refractivity (Wildman–Crippen MR) is 157 cm³/mol. The molecule has 8 nitrogen and oxygen atoms in total. The SMILES string of the molecule is Cc1c(C)c2c(c(C)c1OC(=O)O)CCC(C)(COc1ccc(C=C3SC(=O)N(Cc4ccccc4)C3=O)cc1)O2. The molecule has 1 fully saturated rings. The summed E-state index contributed by atoms with van der Waals surface area (Å²) in [4.78, 5) is 38.2. The van der Waals surface area contributed by atoms with E-state index < -0.39 is 11.8 Å². The summed E-state index contributed by atoms with van der Waals surface area (Å²) in [5.41, 5.74) is 4.43. The molecule has 2 aliphatic heterocycles. The van der Waals surface area contributed by atoms with E-state index in [1.807, 2.05) is 82.3 Å². The molecule has 41 heavy (non-hydrogen) atoms. The number of imide groups is 1. The summed E-state index contributed by atoms with van der Waals surface area (Å²) >= 11 is 0.944. The Morgan fingerprint density at radius 3 is 2.44 bits per heavy atom. The summed E-state index contributed by atoms with van der Waals surface area (Å²) in [6.07, 6.45) is 1.78. The standard InChI is InChI=1S/C32H31NO7S/c1-19-20(2)28-25(21(3)27(19)39-31(36)37)14-15-32(4,40-28)18-38-24-12-10-22(11-13-24)16-26-29(34)33(30(35)41-26)17-23-8-6-5-7-9-23/h5-13,16H,14-15,17-18H2,1-4H3,(H,36,37). The third kappa shape index (κ3) is 5.95. The lowest BCUT2D eigenvalue weighted by atomic mass is 9.87. The highest BCUT2D eigenvalue weighted by molar-refractivity contribution is 8.18. The topological polar surface area (TPSA) is 102 Å². The molecule has 1 unspecified atom stereocenters. The Labute approximate surface area is 242 Å². The Kier molecular flexibility index (Phi) is 7.82. The van der Waals surface area contributed by atoms with Crippen LogP contribution in [0.5, 0.6) is 17.2 Å². The first-order valence-electron chi connectivity index (χ1n) is 13.3. The van der Waals surface area contributed by atoms with E-state index in [0.29, 0.717) is 35.9 Å². The zero-order valence-electron chi connectivity index (χ0n) is 23.4. The maximum absolute atomic E-state index is 12.9. The van der Waals surface area contributed by atoms with E-state index >= 15 is 0 Å². The molecule has 2 aliphatic rings. The minimum absolute atomic E-state index is 0.247. The summed E-state index contributed by atoms with van der Waals surface area (Å²) in [5, 5.41) is 8.86. The smallest absolute Gasteiger partial charge is 0.489 e. The van der Waals surface area contributed by atoms with Crippen LogP contribution in [-0.2, 0) is 17.8 Å². The van der Waals surface area contributed by atoms with Crippen molar-refractivity contribution in [2.24, 2.45) is 0 Å². The Bertz CT molecular complexity index is 1550. The largest absolute Gasteiger partial charge is 0.511 e. The Morgan fingerprint density at radius 2 is 1.76 bits per heavy atom. The summed E-state index contributed by atoms with van der Waals surface area (Å²) < 4.78 is 17.6. The molecule has 1 atom stereocenters. The summed E-state index contributed by atoms with van der Waals surface area (Å²) in [6.45, 7) is 8.16. The molecule has 3 aromatic rings. The highest BCUT2D eigenvalue weighted by Gasteiger charge is 2.36. The van der Waals surface area contributed by atoms with Crippen molar-refractivity contribution in [3.8, 4) is 17.2 Å². The number of carboxylic acid groups (broad SMARTS) is 1. The van der Waals surface area contributed by atoms with E-state index in [-0.39, 0.29) is 17.7 Å². The first-order valence-corrected chi connectivity index (χ1v) is 14.1. The molecule has 0 aliphatic carbocycles. The van der Waals surface area contributed by atoms with Crippen LogP contribution in [0, 0.1) is 20.8 Å². The van der Waals surface area contributed by atoms with Gasteiger partial charge in [-0.1, -0.05) is 42.5 Å². The quantitative estimate of drug-likeness (QED) is 0.182. The van der Waals surface area contributed by atoms with Gasteiger partial charge in [-0.3, -0.25) is 14.5 Å². The molecule has 2 heterocycles. The van der Waals surface area contributed by atoms with Crippen LogP contribution < -0.4 is 14.2 Å². The van der Waals surface area contributed by atoms with Crippen LogP contribution in [-0.4, -0.2) is 39.5 Å². The number of benzene rings is 3. The van der Waals surface area contributed by atoms with Crippen molar-refractivity contribution < 1.29 is 33.7 Å². The number of carbonyl (C=O) groups excluding carboxylic acids is 2. The van der Waals surface area contributed by atoms with Gasteiger partial charge in [0.15, 0.2) is 0 Å². The number of rotatable bonds is 7. The maximum atomic E-state index is 12.9. The number of hydrogen-bond acceptors (Lipinski definition) is 7. The molecule has 5 rings (SSSR count). The van der Waals surface area contributed by atoms with Gasteiger partial charge in [-0.15, -0.1) is 0 Å². The number of thioether (sulfide) groups is 1. The first-order chi connectivity index (χ1) is 19.5. The van der Waals surface area contributed by atoms with Crippen LogP contribution in [0.1, 0.15) is 46.7 Å². The van der Waals surface area contributed by atoms with Crippen LogP contribution in [0.25, 0.3) is 6.08 Å². The fraction of sp³-hybridized carbons (Fsp3) is 0.281. The Balaban J connectivity index is 1.23. The zero-order valence-corrected chi connectivity index (χ0v) is 24.2. The predicted octanol–water partition coefficient (Wildman–Crippen LogP) is 7.07. The van der Waals surface area contributed by atoms with Crippen molar-refractivity contribution in [3.63, 3.8) is 0 Å². The van der Waals surface area contributed by atoms with Crippen LogP contribution in [0.15, 0.2) is 59.5 Å². The fourth-order valence-electron chi connectivity index (χ4n) is 5.07. The molecule has 3 aromatic carbocycles. The number of hydrogen-bond donors (Lipinski definition) is 1. The lowest BCUT2D eigenvalue weighted by molar-refractivity contribution is -0.123. The van der Waals surface area contributed by atoms with Gasteiger partial charge in [0.25, 0.3) is 11.1 Å². The summed E-state index contributed by atoms with van der Waals surface area (Å²) in [6, 6.07) is 16.8. The van der Waals surface area contributed by atoms with E-state index in [9.17, 15) is 14.4 Å². The minimum Gasteiger partial charge on any atom is -0.489 e. The number of amides is 2. The second-order valence-electron chi connectivity index (χ2n) is 10.5. The molecule has 212 valence electrons. The van der Waals surface area contributed by atoms with Gasteiger partial charge in [-0.2, -0.15) is 0 Å². The average molecular weight is 574 g/mol. The molecule has 2 amide bonds. The van der Waals surface area contributed by atoms with Crippen molar-refractivity contribution >= 4 is 35.1 Å². The number of ether oxygens (including phenoxy) is 3. The van der Waals surface area contributed by atoms with Gasteiger partial charge in [0.05, 0.1) is 11.4 Å². The van der Waals surface area contributed by atoms with Gasteiger partial charge in [0.1, 0.15) is 29.5 Å². The van der Waals surface area contributed by atoms with Gasteiger partial charge in [0.2, 0.25) is 0 Å². The number of fused-ring (bicyclic) bond motifs is 1. The molecule has 0 aromatic heterocycles. The summed E-state index contributed by atoms with van der Waals surface area (Å²) in [5.74, 6) is 1.49. The molecule has 0 bridgehead atoms. The highest BCUT2D eigenvalue weighted by Crippen LogP contribution is 2.44. The third-order valence-electron chi connectivity index (χ3n) is 7.53. The molecular weight excluding hydrogens is 542 g/mol. The van der Waals surface area contributed by atoms with E-state index in [1.165, 1.54) is 4.90 Å². The molecule has 0 spiro atoms. The van der Waals surface area contributed by atoms with Gasteiger partial charge < -0.3 is 19.3 Å². The van der Waals surface area contributed by atoms with Crippen molar-refractivity contribution in [1.82, 2.24) is 4.90 Å². The Hall–Kier alpha value is -4.24. The van der Waals surface area contributed by atoms with Crippen molar-refractivity contribution in [2.45, 2.75) is 52.7 Å².